The summed E-state index contributed by atoms with van der Waals surface area (Å²) < 4.78 is 0. The number of nitrogens with one attached hydrogen (secondary N) is 1. The van der Waals surface area contributed by atoms with Gasteiger partial charge in [-0.3, -0.25) is 9.89 Å². The van der Waals surface area contributed by atoms with E-state index in [-0.39, 0.29) is 11.3 Å². The third-order valence-corrected chi connectivity index (χ3v) is 2.68. The van der Waals surface area contributed by atoms with E-state index >= 15 is 0 Å². The molecule has 1 saturated heterocycles. The van der Waals surface area contributed by atoms with E-state index in [4.69, 9.17) is 0 Å². The number of carbonyl (C=O) groups excluding carboxylic acids is 1. The highest BCUT2D eigenvalue weighted by molar-refractivity contribution is 5.92. The first-order valence-electron chi connectivity index (χ1n) is 4.88. The van der Waals surface area contributed by atoms with Crippen LogP contribution < -0.4 is 0 Å². The monoisotopic (exact) mass is 193 g/mol. The van der Waals surface area contributed by atoms with Crippen LogP contribution in [0.25, 0.3) is 0 Å². The van der Waals surface area contributed by atoms with E-state index in [1.807, 2.05) is 4.90 Å². The van der Waals surface area contributed by atoms with E-state index in [9.17, 15) is 4.79 Å². The van der Waals surface area contributed by atoms with Gasteiger partial charge in [-0.25, -0.2) is 0 Å². The maximum absolute atomic E-state index is 11.8. The van der Waals surface area contributed by atoms with Crippen molar-refractivity contribution in [3.63, 3.8) is 0 Å². The number of aromatic amines is 1. The molecule has 1 aliphatic rings. The minimum atomic E-state index is 0.0387. The Bertz CT molecular complexity index is 329. The maximum Gasteiger partial charge on any atom is 0.274 e. The van der Waals surface area contributed by atoms with Gasteiger partial charge in [0.05, 0.1) is 0 Å². The first kappa shape index (κ1) is 9.24. The predicted molar refractivity (Wildman–Crippen MR) is 52.9 cm³/mol. The molecule has 4 nitrogen and oxygen atoms in total. The summed E-state index contributed by atoms with van der Waals surface area (Å²) in [5.74, 6) is 0.0387. The van der Waals surface area contributed by atoms with E-state index in [1.165, 1.54) is 0 Å². The van der Waals surface area contributed by atoms with Crippen LogP contribution in [0.4, 0.5) is 0 Å². The van der Waals surface area contributed by atoms with Crippen molar-refractivity contribution in [2.75, 3.05) is 13.1 Å². The SMILES string of the molecule is CC1(C)CCN(C(=O)c2cc[nH]n2)C1. The van der Waals surface area contributed by atoms with Crippen LogP contribution in [0.15, 0.2) is 12.3 Å². The van der Waals surface area contributed by atoms with E-state index < -0.39 is 0 Å². The molecular formula is C10H15N3O. The average molecular weight is 193 g/mol. The summed E-state index contributed by atoms with van der Waals surface area (Å²) in [4.78, 5) is 13.7. The van der Waals surface area contributed by atoms with Crippen LogP contribution in [-0.2, 0) is 0 Å². The van der Waals surface area contributed by atoms with Gasteiger partial charge in [0.1, 0.15) is 5.69 Å². The molecule has 14 heavy (non-hydrogen) atoms. The number of H-pyrrole nitrogens is 1. The van der Waals surface area contributed by atoms with Gasteiger partial charge in [-0.05, 0) is 17.9 Å². The Balaban J connectivity index is 2.08. The van der Waals surface area contributed by atoms with Gasteiger partial charge in [-0.1, -0.05) is 13.8 Å². The first-order valence-corrected chi connectivity index (χ1v) is 4.88. The standard InChI is InChI=1S/C10H15N3O/c1-10(2)4-6-13(7-10)9(14)8-3-5-11-12-8/h3,5H,4,6-7H2,1-2H3,(H,11,12). The molecule has 0 aromatic carbocycles. The first-order chi connectivity index (χ1) is 6.58. The molecule has 1 aromatic heterocycles. The lowest BCUT2D eigenvalue weighted by Gasteiger charge is -2.18. The second kappa shape index (κ2) is 3.12. The highest BCUT2D eigenvalue weighted by atomic mass is 16.2. The van der Waals surface area contributed by atoms with Crippen LogP contribution in [0.5, 0.6) is 0 Å². The Morgan fingerprint density at radius 2 is 2.43 bits per heavy atom. The predicted octanol–water partition coefficient (Wildman–Crippen LogP) is 1.28. The topological polar surface area (TPSA) is 49.0 Å². The lowest BCUT2D eigenvalue weighted by Crippen LogP contribution is -2.30. The molecule has 1 aromatic rings. The second-order valence-corrected chi connectivity index (χ2v) is 4.60. The van der Waals surface area contributed by atoms with Crippen LogP contribution >= 0.6 is 0 Å². The summed E-state index contributed by atoms with van der Waals surface area (Å²) in [6.07, 6.45) is 2.75. The molecule has 0 spiro atoms. The van der Waals surface area contributed by atoms with Crippen molar-refractivity contribution >= 4 is 5.91 Å². The van der Waals surface area contributed by atoms with Gasteiger partial charge in [0.2, 0.25) is 0 Å². The zero-order valence-electron chi connectivity index (χ0n) is 8.58. The number of carbonyl (C=O) groups is 1. The maximum atomic E-state index is 11.8. The van der Waals surface area contributed by atoms with Crippen LogP contribution in [0.3, 0.4) is 0 Å². The molecule has 1 amide bonds. The number of likely N-dealkylation sites (tertiary alicyclic amines) is 1. The van der Waals surface area contributed by atoms with Gasteiger partial charge >= 0.3 is 0 Å². The van der Waals surface area contributed by atoms with Gasteiger partial charge in [0.25, 0.3) is 5.91 Å². The van der Waals surface area contributed by atoms with Crippen LogP contribution in [0, 0.1) is 5.41 Å². The van der Waals surface area contributed by atoms with Crippen molar-refractivity contribution in [2.24, 2.45) is 5.41 Å². The molecule has 2 rings (SSSR count). The quantitative estimate of drug-likeness (QED) is 0.730. The van der Waals surface area contributed by atoms with E-state index in [0.29, 0.717) is 5.69 Å². The lowest BCUT2D eigenvalue weighted by atomic mass is 9.93. The Labute approximate surface area is 83.3 Å². The Morgan fingerprint density at radius 1 is 1.64 bits per heavy atom. The van der Waals surface area contributed by atoms with E-state index in [2.05, 4.69) is 24.0 Å². The van der Waals surface area contributed by atoms with Crippen molar-refractivity contribution in [2.45, 2.75) is 20.3 Å². The molecule has 0 saturated carbocycles. The highest BCUT2D eigenvalue weighted by Crippen LogP contribution is 2.29. The fourth-order valence-corrected chi connectivity index (χ4v) is 1.83. The Kier molecular flexibility index (Phi) is 2.06. The summed E-state index contributed by atoms with van der Waals surface area (Å²) >= 11 is 0. The largest absolute Gasteiger partial charge is 0.337 e. The summed E-state index contributed by atoms with van der Waals surface area (Å²) in [6, 6.07) is 1.72. The minimum Gasteiger partial charge on any atom is -0.337 e. The lowest BCUT2D eigenvalue weighted by molar-refractivity contribution is 0.0772. The van der Waals surface area contributed by atoms with Gasteiger partial charge < -0.3 is 4.90 Å². The molecular weight excluding hydrogens is 178 g/mol. The van der Waals surface area contributed by atoms with E-state index in [1.54, 1.807) is 12.3 Å². The van der Waals surface area contributed by atoms with Crippen LogP contribution in [0.2, 0.25) is 0 Å². The Hall–Kier alpha value is -1.32. The fraction of sp³-hybridized carbons (Fsp3) is 0.600. The second-order valence-electron chi connectivity index (χ2n) is 4.60. The molecule has 0 aliphatic carbocycles. The number of rotatable bonds is 1. The summed E-state index contributed by atoms with van der Waals surface area (Å²) in [6.45, 7) is 6.05. The zero-order chi connectivity index (χ0) is 10.2. The third-order valence-electron chi connectivity index (χ3n) is 2.68. The van der Waals surface area contributed by atoms with Crippen molar-refractivity contribution in [3.8, 4) is 0 Å². The molecule has 1 N–H and O–H groups in total. The number of nitrogens with zero attached hydrogens (tertiary/aromatic N) is 2. The van der Waals surface area contributed by atoms with Crippen LogP contribution in [0.1, 0.15) is 30.8 Å². The van der Waals surface area contributed by atoms with Gasteiger partial charge in [-0.2, -0.15) is 5.10 Å². The van der Waals surface area contributed by atoms with Gasteiger partial charge in [-0.15, -0.1) is 0 Å². The molecule has 76 valence electrons. The van der Waals surface area contributed by atoms with Crippen LogP contribution in [-0.4, -0.2) is 34.1 Å². The van der Waals surface area contributed by atoms with Gasteiger partial charge in [0, 0.05) is 19.3 Å². The number of amides is 1. The van der Waals surface area contributed by atoms with Crippen molar-refractivity contribution in [3.05, 3.63) is 18.0 Å². The summed E-state index contributed by atoms with van der Waals surface area (Å²) in [7, 11) is 0. The number of hydrogen-bond donors (Lipinski definition) is 1. The normalized spacial score (nSPS) is 20.0. The van der Waals surface area contributed by atoms with Crippen molar-refractivity contribution in [1.29, 1.82) is 0 Å². The Morgan fingerprint density at radius 3 is 2.93 bits per heavy atom. The van der Waals surface area contributed by atoms with Crippen molar-refractivity contribution < 1.29 is 4.79 Å². The molecule has 2 heterocycles. The van der Waals surface area contributed by atoms with Crippen molar-refractivity contribution in [1.82, 2.24) is 15.1 Å². The van der Waals surface area contributed by atoms with Gasteiger partial charge in [0.15, 0.2) is 0 Å². The summed E-state index contributed by atoms with van der Waals surface area (Å²) in [5.41, 5.74) is 0.772. The molecule has 1 aliphatic heterocycles. The minimum absolute atomic E-state index is 0.0387. The molecule has 1 fully saturated rings. The third kappa shape index (κ3) is 1.64. The zero-order valence-corrected chi connectivity index (χ0v) is 8.58. The highest BCUT2D eigenvalue weighted by Gasteiger charge is 2.32. The molecule has 0 radical (unpaired) electrons. The smallest absolute Gasteiger partial charge is 0.274 e. The molecule has 0 atom stereocenters. The fourth-order valence-electron chi connectivity index (χ4n) is 1.83. The molecule has 0 bridgehead atoms. The molecule has 4 heteroatoms. The number of aromatic nitrogens is 2. The van der Waals surface area contributed by atoms with E-state index in [0.717, 1.165) is 19.5 Å². The number of hydrogen-bond acceptors (Lipinski definition) is 2. The summed E-state index contributed by atoms with van der Waals surface area (Å²) in [5, 5.41) is 6.55. The molecule has 0 unspecified atom stereocenters. The average Bonchev–Trinajstić information content (AvgIpc) is 2.72.